The molecule has 1 aliphatic heterocycles. The minimum absolute atomic E-state index is 0.0667. The van der Waals surface area contributed by atoms with Crippen LogP contribution in [0, 0.1) is 11.8 Å². The van der Waals surface area contributed by atoms with E-state index in [9.17, 15) is 4.79 Å². The van der Waals surface area contributed by atoms with Crippen LogP contribution in [-0.2, 0) is 0 Å². The Morgan fingerprint density at radius 3 is 2.67 bits per heavy atom. The molecule has 18 heavy (non-hydrogen) atoms. The van der Waals surface area contributed by atoms with Gasteiger partial charge in [0.15, 0.2) is 0 Å². The van der Waals surface area contributed by atoms with E-state index in [0.29, 0.717) is 11.8 Å². The molecule has 0 aromatic carbocycles. The molecule has 1 aliphatic carbocycles. The highest BCUT2D eigenvalue weighted by molar-refractivity contribution is 5.78. The van der Waals surface area contributed by atoms with Crippen molar-refractivity contribution < 1.29 is 4.79 Å². The molecule has 1 N–H and O–H groups in total. The Labute approximate surface area is 111 Å². The summed E-state index contributed by atoms with van der Waals surface area (Å²) < 4.78 is 0. The van der Waals surface area contributed by atoms with Crippen LogP contribution in [0.1, 0.15) is 53.4 Å². The molecule has 1 atom stereocenters. The molecular weight excluding hydrogens is 224 g/mol. The van der Waals surface area contributed by atoms with E-state index in [-0.39, 0.29) is 11.6 Å². The van der Waals surface area contributed by atoms with Crippen molar-refractivity contribution in [3.8, 4) is 0 Å². The highest BCUT2D eigenvalue weighted by atomic mass is 16.2. The summed E-state index contributed by atoms with van der Waals surface area (Å²) in [6, 6.07) is 0.0862. The maximum atomic E-state index is 12.3. The lowest BCUT2D eigenvalue weighted by Crippen LogP contribution is -2.61. The zero-order valence-corrected chi connectivity index (χ0v) is 12.1. The second-order valence-corrected chi connectivity index (χ2v) is 6.46. The zero-order chi connectivity index (χ0) is 13.3. The van der Waals surface area contributed by atoms with Crippen LogP contribution in [0.5, 0.6) is 0 Å². The monoisotopic (exact) mass is 250 g/mol. The highest BCUT2D eigenvalue weighted by Crippen LogP contribution is 2.41. The third-order valence-electron chi connectivity index (χ3n) is 4.29. The summed E-state index contributed by atoms with van der Waals surface area (Å²) in [5.74, 6) is 0.969. The van der Waals surface area contributed by atoms with E-state index in [1.807, 2.05) is 4.90 Å². The molecular formula is C15H26N2O. The molecule has 0 aromatic heterocycles. The smallest absolute Gasteiger partial charge is 0.322 e. The highest BCUT2D eigenvalue weighted by Gasteiger charge is 2.44. The summed E-state index contributed by atoms with van der Waals surface area (Å²) in [5.41, 5.74) is 1.37. The molecule has 2 amide bonds. The molecule has 1 heterocycles. The van der Waals surface area contributed by atoms with Crippen LogP contribution in [0.4, 0.5) is 4.79 Å². The average molecular weight is 250 g/mol. The van der Waals surface area contributed by atoms with Gasteiger partial charge in [-0.05, 0) is 36.7 Å². The van der Waals surface area contributed by atoms with Gasteiger partial charge >= 0.3 is 6.03 Å². The van der Waals surface area contributed by atoms with Gasteiger partial charge < -0.3 is 10.2 Å². The van der Waals surface area contributed by atoms with Crippen LogP contribution in [0.15, 0.2) is 11.8 Å². The Morgan fingerprint density at radius 2 is 2.06 bits per heavy atom. The van der Waals surface area contributed by atoms with Crippen molar-refractivity contribution in [3.63, 3.8) is 0 Å². The fraction of sp³-hybridized carbons (Fsp3) is 0.800. The van der Waals surface area contributed by atoms with Crippen molar-refractivity contribution in [1.82, 2.24) is 10.2 Å². The Bertz CT molecular complexity index is 360. The number of hydrogen-bond donors (Lipinski definition) is 1. The molecule has 0 radical (unpaired) electrons. The molecule has 2 rings (SSSR count). The summed E-state index contributed by atoms with van der Waals surface area (Å²) in [5, 5.41) is 3.31. The second kappa shape index (κ2) is 4.94. The first-order chi connectivity index (χ1) is 8.45. The number of rotatable bonds is 3. The SMILES string of the molecule is CC(C)CN1C=C2CCCCC2(C(C)C)NC1=O. The normalized spacial score (nSPS) is 28.2. The standard InChI is InChI=1S/C15H26N2O/c1-11(2)9-17-10-13-7-5-6-8-15(13,12(3)4)16-14(17)18/h10-12H,5-9H2,1-4H3,(H,16,18). The lowest BCUT2D eigenvalue weighted by atomic mass is 9.70. The average Bonchev–Trinajstić information content (AvgIpc) is 2.29. The van der Waals surface area contributed by atoms with E-state index in [1.165, 1.54) is 18.4 Å². The molecule has 1 saturated carbocycles. The van der Waals surface area contributed by atoms with Gasteiger partial charge in [-0.1, -0.05) is 34.1 Å². The molecule has 2 aliphatic rings. The number of amides is 2. The van der Waals surface area contributed by atoms with E-state index in [2.05, 4.69) is 39.2 Å². The number of carbonyl (C=O) groups is 1. The summed E-state index contributed by atoms with van der Waals surface area (Å²) >= 11 is 0. The number of urea groups is 1. The van der Waals surface area contributed by atoms with Gasteiger partial charge in [-0.25, -0.2) is 4.79 Å². The molecule has 1 unspecified atom stereocenters. The Balaban J connectivity index is 2.29. The van der Waals surface area contributed by atoms with Gasteiger partial charge in [0.25, 0.3) is 0 Å². The summed E-state index contributed by atoms with van der Waals surface area (Å²) in [6.07, 6.45) is 6.84. The fourth-order valence-corrected chi connectivity index (χ4v) is 3.27. The van der Waals surface area contributed by atoms with Gasteiger partial charge in [-0.2, -0.15) is 0 Å². The fourth-order valence-electron chi connectivity index (χ4n) is 3.27. The Hall–Kier alpha value is -0.990. The molecule has 3 heteroatoms. The van der Waals surface area contributed by atoms with Gasteiger partial charge in [0.2, 0.25) is 0 Å². The predicted octanol–water partition coefficient (Wildman–Crippen LogP) is 3.52. The minimum atomic E-state index is -0.0667. The van der Waals surface area contributed by atoms with E-state index in [4.69, 9.17) is 0 Å². The first-order valence-corrected chi connectivity index (χ1v) is 7.25. The molecule has 0 aromatic rings. The molecule has 102 valence electrons. The second-order valence-electron chi connectivity index (χ2n) is 6.46. The van der Waals surface area contributed by atoms with Crippen molar-refractivity contribution in [2.24, 2.45) is 11.8 Å². The van der Waals surface area contributed by atoms with Crippen molar-refractivity contribution in [2.75, 3.05) is 6.54 Å². The van der Waals surface area contributed by atoms with Gasteiger partial charge in [-0.15, -0.1) is 0 Å². The van der Waals surface area contributed by atoms with Crippen molar-refractivity contribution >= 4 is 6.03 Å². The van der Waals surface area contributed by atoms with Crippen LogP contribution in [0.3, 0.4) is 0 Å². The van der Waals surface area contributed by atoms with E-state index < -0.39 is 0 Å². The lowest BCUT2D eigenvalue weighted by molar-refractivity contribution is 0.161. The van der Waals surface area contributed by atoms with Crippen LogP contribution < -0.4 is 5.32 Å². The topological polar surface area (TPSA) is 32.3 Å². The van der Waals surface area contributed by atoms with Crippen LogP contribution >= 0.6 is 0 Å². The molecule has 0 bridgehead atoms. The minimum Gasteiger partial charge on any atom is -0.328 e. The number of hydrogen-bond acceptors (Lipinski definition) is 1. The number of nitrogens with zero attached hydrogens (tertiary/aromatic N) is 1. The largest absolute Gasteiger partial charge is 0.328 e. The zero-order valence-electron chi connectivity index (χ0n) is 12.1. The van der Waals surface area contributed by atoms with Crippen molar-refractivity contribution in [3.05, 3.63) is 11.8 Å². The maximum absolute atomic E-state index is 12.3. The van der Waals surface area contributed by atoms with Crippen LogP contribution in [-0.4, -0.2) is 23.0 Å². The Morgan fingerprint density at radius 1 is 1.33 bits per heavy atom. The summed E-state index contributed by atoms with van der Waals surface area (Å²) in [7, 11) is 0. The number of carbonyl (C=O) groups excluding carboxylic acids is 1. The maximum Gasteiger partial charge on any atom is 0.322 e. The van der Waals surface area contributed by atoms with Crippen molar-refractivity contribution in [1.29, 1.82) is 0 Å². The Kier molecular flexibility index (Phi) is 3.69. The first-order valence-electron chi connectivity index (χ1n) is 7.25. The van der Waals surface area contributed by atoms with Crippen LogP contribution in [0.2, 0.25) is 0 Å². The van der Waals surface area contributed by atoms with Gasteiger partial charge in [0.05, 0.1) is 5.54 Å². The van der Waals surface area contributed by atoms with E-state index >= 15 is 0 Å². The number of nitrogens with one attached hydrogen (secondary N) is 1. The predicted molar refractivity (Wildman–Crippen MR) is 74.2 cm³/mol. The third kappa shape index (κ3) is 2.27. The number of fused-ring (bicyclic) bond motifs is 1. The molecule has 0 saturated heterocycles. The quantitative estimate of drug-likeness (QED) is 0.816. The van der Waals surface area contributed by atoms with E-state index in [1.54, 1.807) is 0 Å². The lowest BCUT2D eigenvalue weighted by Gasteiger charge is -2.48. The summed E-state index contributed by atoms with van der Waals surface area (Å²) in [4.78, 5) is 14.1. The molecule has 3 nitrogen and oxygen atoms in total. The van der Waals surface area contributed by atoms with Gasteiger partial charge in [-0.3, -0.25) is 0 Å². The van der Waals surface area contributed by atoms with Crippen LogP contribution in [0.25, 0.3) is 0 Å². The van der Waals surface area contributed by atoms with Gasteiger partial charge in [0, 0.05) is 12.7 Å². The molecule has 0 spiro atoms. The third-order valence-corrected chi connectivity index (χ3v) is 4.29. The molecule has 1 fully saturated rings. The van der Waals surface area contributed by atoms with E-state index in [0.717, 1.165) is 19.4 Å². The van der Waals surface area contributed by atoms with Crippen molar-refractivity contribution in [2.45, 2.75) is 58.9 Å². The first kappa shape index (κ1) is 13.4. The summed E-state index contributed by atoms with van der Waals surface area (Å²) in [6.45, 7) is 9.55. The van der Waals surface area contributed by atoms with Gasteiger partial charge in [0.1, 0.15) is 0 Å².